The van der Waals surface area contributed by atoms with Gasteiger partial charge < -0.3 is 20.1 Å². The van der Waals surface area contributed by atoms with Gasteiger partial charge in [-0.3, -0.25) is 4.79 Å². The van der Waals surface area contributed by atoms with Gasteiger partial charge >= 0.3 is 0 Å². The fraction of sp³-hybridized carbons (Fsp3) is 0.278. The number of anilines is 2. The zero-order valence-electron chi connectivity index (χ0n) is 14.1. The van der Waals surface area contributed by atoms with Gasteiger partial charge in [0, 0.05) is 11.1 Å². The fourth-order valence-corrected chi connectivity index (χ4v) is 2.39. The van der Waals surface area contributed by atoms with Crippen LogP contribution in [0.4, 0.5) is 11.4 Å². The van der Waals surface area contributed by atoms with Crippen LogP contribution in [-0.4, -0.2) is 26.2 Å². The van der Waals surface area contributed by atoms with E-state index >= 15 is 0 Å². The molecule has 1 amide bonds. The number of benzene rings is 2. The van der Waals surface area contributed by atoms with Crippen molar-refractivity contribution >= 4 is 28.9 Å². The molecule has 1 atom stereocenters. The lowest BCUT2D eigenvalue weighted by Gasteiger charge is -2.18. The van der Waals surface area contributed by atoms with Gasteiger partial charge in [-0.05, 0) is 37.6 Å². The van der Waals surface area contributed by atoms with E-state index in [1.165, 1.54) is 7.11 Å². The van der Waals surface area contributed by atoms with Crippen molar-refractivity contribution in [2.45, 2.75) is 19.9 Å². The Morgan fingerprint density at radius 3 is 2.42 bits per heavy atom. The van der Waals surface area contributed by atoms with Crippen LogP contribution in [0.2, 0.25) is 5.02 Å². The van der Waals surface area contributed by atoms with Crippen LogP contribution < -0.4 is 20.1 Å². The third kappa shape index (κ3) is 4.11. The van der Waals surface area contributed by atoms with Crippen LogP contribution in [0.15, 0.2) is 36.4 Å². The molecule has 0 unspecified atom stereocenters. The Labute approximate surface area is 146 Å². The van der Waals surface area contributed by atoms with Crippen molar-refractivity contribution in [2.75, 3.05) is 24.9 Å². The molecule has 128 valence electrons. The van der Waals surface area contributed by atoms with Gasteiger partial charge in [0.25, 0.3) is 0 Å². The normalized spacial score (nSPS) is 11.5. The van der Waals surface area contributed by atoms with Crippen LogP contribution in [0, 0.1) is 6.92 Å². The molecule has 0 aromatic heterocycles. The highest BCUT2D eigenvalue weighted by molar-refractivity contribution is 6.31. The number of halogens is 1. The third-order valence-electron chi connectivity index (χ3n) is 3.61. The molecule has 2 N–H and O–H groups in total. The van der Waals surface area contributed by atoms with Crippen LogP contribution in [0.5, 0.6) is 11.5 Å². The molecule has 0 radical (unpaired) electrons. The summed E-state index contributed by atoms with van der Waals surface area (Å²) in [6.07, 6.45) is 0. The van der Waals surface area contributed by atoms with Crippen molar-refractivity contribution in [2.24, 2.45) is 0 Å². The molecular formula is C18H21ClN2O3. The SMILES string of the molecule is COc1cc(Cl)c(C)cc1NC(=O)[C@@H](C)Nc1ccccc1OC. The highest BCUT2D eigenvalue weighted by Gasteiger charge is 2.17. The number of aryl methyl sites for hydroxylation is 1. The largest absolute Gasteiger partial charge is 0.495 e. The Morgan fingerprint density at radius 1 is 1.08 bits per heavy atom. The zero-order valence-corrected chi connectivity index (χ0v) is 14.9. The van der Waals surface area contributed by atoms with Crippen molar-refractivity contribution in [1.82, 2.24) is 0 Å². The van der Waals surface area contributed by atoms with E-state index in [-0.39, 0.29) is 5.91 Å². The van der Waals surface area contributed by atoms with Crippen molar-refractivity contribution < 1.29 is 14.3 Å². The Morgan fingerprint density at radius 2 is 1.75 bits per heavy atom. The Kier molecular flexibility index (Phi) is 5.93. The molecule has 6 heteroatoms. The smallest absolute Gasteiger partial charge is 0.246 e. The first-order valence-electron chi connectivity index (χ1n) is 7.50. The number of hydrogen-bond donors (Lipinski definition) is 2. The molecule has 2 aromatic carbocycles. The molecular weight excluding hydrogens is 328 g/mol. The molecule has 0 aliphatic heterocycles. The molecule has 24 heavy (non-hydrogen) atoms. The molecule has 0 heterocycles. The number of nitrogens with one attached hydrogen (secondary N) is 2. The first kappa shape index (κ1) is 17.9. The molecule has 0 saturated carbocycles. The van der Waals surface area contributed by atoms with E-state index < -0.39 is 6.04 Å². The van der Waals surface area contributed by atoms with Crippen molar-refractivity contribution in [1.29, 1.82) is 0 Å². The number of carbonyl (C=O) groups excluding carboxylic acids is 1. The molecule has 0 spiro atoms. The van der Waals surface area contributed by atoms with Gasteiger partial charge in [-0.2, -0.15) is 0 Å². The second-order valence-electron chi connectivity index (χ2n) is 5.36. The topological polar surface area (TPSA) is 59.6 Å². The standard InChI is InChI=1S/C18H21ClN2O3/c1-11-9-15(17(24-4)10-13(11)19)21-18(22)12(2)20-14-7-5-6-8-16(14)23-3/h5-10,12,20H,1-4H3,(H,21,22)/t12-/m1/s1. The maximum atomic E-state index is 12.5. The maximum Gasteiger partial charge on any atom is 0.246 e. The average Bonchev–Trinajstić information content (AvgIpc) is 2.58. The minimum absolute atomic E-state index is 0.194. The van der Waals surface area contributed by atoms with Gasteiger partial charge in [0.1, 0.15) is 17.5 Å². The number of amides is 1. The average molecular weight is 349 g/mol. The van der Waals surface area contributed by atoms with Crippen LogP contribution in [-0.2, 0) is 4.79 Å². The van der Waals surface area contributed by atoms with E-state index in [4.69, 9.17) is 21.1 Å². The summed E-state index contributed by atoms with van der Waals surface area (Å²) < 4.78 is 10.6. The second kappa shape index (κ2) is 7.93. The minimum atomic E-state index is -0.470. The second-order valence-corrected chi connectivity index (χ2v) is 5.76. The number of carbonyl (C=O) groups is 1. The zero-order chi connectivity index (χ0) is 17.7. The van der Waals surface area contributed by atoms with E-state index in [9.17, 15) is 4.79 Å². The van der Waals surface area contributed by atoms with Gasteiger partial charge in [0.05, 0.1) is 25.6 Å². The van der Waals surface area contributed by atoms with Crippen molar-refractivity contribution in [3.05, 3.63) is 47.0 Å². The Hall–Kier alpha value is -2.40. The summed E-state index contributed by atoms with van der Waals surface area (Å²) >= 11 is 6.09. The Balaban J connectivity index is 2.13. The lowest BCUT2D eigenvalue weighted by Crippen LogP contribution is -2.32. The summed E-state index contributed by atoms with van der Waals surface area (Å²) in [5.74, 6) is 1.00. The molecule has 0 aliphatic carbocycles. The molecule has 2 aromatic rings. The molecule has 2 rings (SSSR count). The number of methoxy groups -OCH3 is 2. The van der Waals surface area contributed by atoms with E-state index in [1.807, 2.05) is 31.2 Å². The van der Waals surface area contributed by atoms with Crippen molar-refractivity contribution in [3.63, 3.8) is 0 Å². The highest BCUT2D eigenvalue weighted by atomic mass is 35.5. The van der Waals surface area contributed by atoms with Gasteiger partial charge in [-0.1, -0.05) is 23.7 Å². The summed E-state index contributed by atoms with van der Waals surface area (Å²) in [7, 11) is 3.12. The highest BCUT2D eigenvalue weighted by Crippen LogP contribution is 2.31. The lowest BCUT2D eigenvalue weighted by molar-refractivity contribution is -0.116. The van der Waals surface area contributed by atoms with Gasteiger partial charge in [0.2, 0.25) is 5.91 Å². The summed E-state index contributed by atoms with van der Waals surface area (Å²) in [5.41, 5.74) is 2.19. The summed E-state index contributed by atoms with van der Waals surface area (Å²) in [6, 6.07) is 10.4. The van der Waals surface area contributed by atoms with Gasteiger partial charge in [-0.15, -0.1) is 0 Å². The number of para-hydroxylation sites is 2. The molecule has 0 saturated heterocycles. The van der Waals surface area contributed by atoms with Gasteiger partial charge in [0.15, 0.2) is 0 Å². The lowest BCUT2D eigenvalue weighted by atomic mass is 10.2. The third-order valence-corrected chi connectivity index (χ3v) is 4.02. The first-order chi connectivity index (χ1) is 11.5. The minimum Gasteiger partial charge on any atom is -0.495 e. The van der Waals surface area contributed by atoms with Crippen LogP contribution in [0.3, 0.4) is 0 Å². The number of hydrogen-bond acceptors (Lipinski definition) is 4. The number of ether oxygens (including phenoxy) is 2. The predicted octanol–water partition coefficient (Wildman–Crippen LogP) is 4.10. The van der Waals surface area contributed by atoms with E-state index in [2.05, 4.69) is 10.6 Å². The van der Waals surface area contributed by atoms with E-state index in [1.54, 1.807) is 26.2 Å². The summed E-state index contributed by atoms with van der Waals surface area (Å²) in [4.78, 5) is 12.5. The van der Waals surface area contributed by atoms with E-state index in [0.29, 0.717) is 22.2 Å². The van der Waals surface area contributed by atoms with Gasteiger partial charge in [-0.25, -0.2) is 0 Å². The summed E-state index contributed by atoms with van der Waals surface area (Å²) in [6.45, 7) is 3.64. The quantitative estimate of drug-likeness (QED) is 0.825. The van der Waals surface area contributed by atoms with Crippen molar-refractivity contribution in [3.8, 4) is 11.5 Å². The number of rotatable bonds is 6. The van der Waals surface area contributed by atoms with Crippen LogP contribution in [0.1, 0.15) is 12.5 Å². The maximum absolute atomic E-state index is 12.5. The molecule has 0 fully saturated rings. The molecule has 0 bridgehead atoms. The first-order valence-corrected chi connectivity index (χ1v) is 7.88. The Bertz CT molecular complexity index is 734. The van der Waals surface area contributed by atoms with E-state index in [0.717, 1.165) is 11.3 Å². The predicted molar refractivity (Wildman–Crippen MR) is 97.4 cm³/mol. The van der Waals surface area contributed by atoms with Crippen LogP contribution >= 0.6 is 11.6 Å². The molecule has 5 nitrogen and oxygen atoms in total. The fourth-order valence-electron chi connectivity index (χ4n) is 2.23. The monoisotopic (exact) mass is 348 g/mol. The molecule has 0 aliphatic rings. The summed E-state index contributed by atoms with van der Waals surface area (Å²) in [5, 5.41) is 6.59. The van der Waals surface area contributed by atoms with Crippen LogP contribution in [0.25, 0.3) is 0 Å².